The Balaban J connectivity index is 2.05. The van der Waals surface area contributed by atoms with Crippen molar-refractivity contribution in [3.8, 4) is 0 Å². The molecule has 19 heavy (non-hydrogen) atoms. The number of anilines is 1. The van der Waals surface area contributed by atoms with Crippen molar-refractivity contribution in [2.24, 2.45) is 0 Å². The third kappa shape index (κ3) is 3.43. The van der Waals surface area contributed by atoms with Crippen LogP contribution in [0.1, 0.15) is 56.1 Å². The van der Waals surface area contributed by atoms with Crippen LogP contribution in [0, 0.1) is 0 Å². The lowest BCUT2D eigenvalue weighted by molar-refractivity contribution is -0.137. The number of benzene rings is 1. The van der Waals surface area contributed by atoms with Gasteiger partial charge in [-0.3, -0.25) is 0 Å². The minimum Gasteiger partial charge on any atom is -0.384 e. The summed E-state index contributed by atoms with van der Waals surface area (Å²) in [6.45, 7) is 2.92. The van der Waals surface area contributed by atoms with Crippen molar-refractivity contribution in [2.75, 3.05) is 11.9 Å². The lowest BCUT2D eigenvalue weighted by Gasteiger charge is -2.12. The highest BCUT2D eigenvalue weighted by molar-refractivity contribution is 5.59. The van der Waals surface area contributed by atoms with Crippen LogP contribution in [0.5, 0.6) is 0 Å². The van der Waals surface area contributed by atoms with Gasteiger partial charge < -0.3 is 5.32 Å². The fourth-order valence-corrected chi connectivity index (χ4v) is 2.66. The molecule has 1 N–H and O–H groups in total. The lowest BCUT2D eigenvalue weighted by Crippen LogP contribution is -2.06. The van der Waals surface area contributed by atoms with Gasteiger partial charge >= 0.3 is 6.18 Å². The Morgan fingerprint density at radius 3 is 2.68 bits per heavy atom. The van der Waals surface area contributed by atoms with Crippen molar-refractivity contribution >= 4 is 5.69 Å². The van der Waals surface area contributed by atoms with E-state index < -0.39 is 11.7 Å². The average molecular weight is 271 g/mol. The molecule has 4 heteroatoms. The molecule has 106 valence electrons. The molecule has 1 aromatic carbocycles. The van der Waals surface area contributed by atoms with E-state index in [1.165, 1.54) is 25.3 Å². The molecule has 2 rings (SSSR count). The van der Waals surface area contributed by atoms with Crippen LogP contribution >= 0.6 is 0 Å². The smallest absolute Gasteiger partial charge is 0.384 e. The summed E-state index contributed by atoms with van der Waals surface area (Å²) in [5.41, 5.74) is 1.17. The maximum atomic E-state index is 12.7. The Bertz CT molecular complexity index is 426. The monoisotopic (exact) mass is 271 g/mol. The van der Waals surface area contributed by atoms with E-state index in [1.807, 2.05) is 0 Å². The molecule has 1 unspecified atom stereocenters. The van der Waals surface area contributed by atoms with Gasteiger partial charge in [0.15, 0.2) is 0 Å². The Hall–Kier alpha value is -1.19. The van der Waals surface area contributed by atoms with Crippen LogP contribution < -0.4 is 5.32 Å². The fourth-order valence-electron chi connectivity index (χ4n) is 2.66. The lowest BCUT2D eigenvalue weighted by atomic mass is 9.93. The second-order valence-corrected chi connectivity index (χ2v) is 5.23. The van der Waals surface area contributed by atoms with E-state index in [4.69, 9.17) is 0 Å². The van der Waals surface area contributed by atoms with Crippen molar-refractivity contribution in [2.45, 2.75) is 51.1 Å². The van der Waals surface area contributed by atoms with Crippen molar-refractivity contribution in [1.29, 1.82) is 0 Å². The van der Waals surface area contributed by atoms with Crippen LogP contribution in [0.15, 0.2) is 18.2 Å². The van der Waals surface area contributed by atoms with E-state index in [2.05, 4.69) is 12.2 Å². The first-order chi connectivity index (χ1) is 9.02. The van der Waals surface area contributed by atoms with Crippen molar-refractivity contribution < 1.29 is 13.2 Å². The molecule has 1 heterocycles. The van der Waals surface area contributed by atoms with E-state index in [0.29, 0.717) is 0 Å². The van der Waals surface area contributed by atoms with E-state index in [-0.39, 0.29) is 5.92 Å². The van der Waals surface area contributed by atoms with Crippen LogP contribution in [0.2, 0.25) is 0 Å². The molecule has 0 radical (unpaired) electrons. The highest BCUT2D eigenvalue weighted by Crippen LogP contribution is 2.39. The zero-order chi connectivity index (χ0) is 13.9. The standard InChI is InChI=1S/C15H20F3N/c1-2-3-4-5-6-11-10-19-14-8-7-12(9-13(11)14)15(16,17)18/h7-9,11,19H,2-6,10H2,1H3. The molecule has 1 aliphatic heterocycles. The summed E-state index contributed by atoms with van der Waals surface area (Å²) in [4.78, 5) is 0. The highest BCUT2D eigenvalue weighted by atomic mass is 19.4. The fraction of sp³-hybridized carbons (Fsp3) is 0.600. The molecule has 0 aromatic heterocycles. The third-order valence-corrected chi connectivity index (χ3v) is 3.76. The molecule has 1 atom stereocenters. The minimum atomic E-state index is -4.25. The van der Waals surface area contributed by atoms with E-state index in [1.54, 1.807) is 6.07 Å². The van der Waals surface area contributed by atoms with Crippen LogP contribution in [-0.2, 0) is 6.18 Å². The molecule has 1 aliphatic rings. The van der Waals surface area contributed by atoms with Gasteiger partial charge in [0.25, 0.3) is 0 Å². The first kappa shape index (κ1) is 14.2. The Morgan fingerprint density at radius 1 is 1.21 bits per heavy atom. The largest absolute Gasteiger partial charge is 0.416 e. The van der Waals surface area contributed by atoms with Crippen molar-refractivity contribution in [3.05, 3.63) is 29.3 Å². The highest BCUT2D eigenvalue weighted by Gasteiger charge is 2.33. The maximum Gasteiger partial charge on any atom is 0.416 e. The molecule has 0 saturated heterocycles. The molecule has 1 nitrogen and oxygen atoms in total. The van der Waals surface area contributed by atoms with Gasteiger partial charge in [0.1, 0.15) is 0 Å². The summed E-state index contributed by atoms with van der Waals surface area (Å²) in [5.74, 6) is 0.231. The molecule has 1 aromatic rings. The second kappa shape index (κ2) is 5.85. The predicted octanol–water partition coefficient (Wildman–Crippen LogP) is 5.18. The van der Waals surface area contributed by atoms with Crippen LogP contribution in [-0.4, -0.2) is 6.54 Å². The van der Waals surface area contributed by atoms with E-state index in [0.717, 1.165) is 36.7 Å². The summed E-state index contributed by atoms with van der Waals surface area (Å²) in [6.07, 6.45) is 1.37. The zero-order valence-electron chi connectivity index (χ0n) is 11.2. The Morgan fingerprint density at radius 2 is 2.00 bits per heavy atom. The molecule has 0 amide bonds. The number of fused-ring (bicyclic) bond motifs is 1. The van der Waals surface area contributed by atoms with Crippen molar-refractivity contribution in [3.63, 3.8) is 0 Å². The van der Waals surface area contributed by atoms with Gasteiger partial charge in [-0.2, -0.15) is 13.2 Å². The molecule has 0 fully saturated rings. The minimum absolute atomic E-state index is 0.231. The topological polar surface area (TPSA) is 12.0 Å². The number of hydrogen-bond acceptors (Lipinski definition) is 1. The first-order valence-corrected chi connectivity index (χ1v) is 6.97. The third-order valence-electron chi connectivity index (χ3n) is 3.76. The average Bonchev–Trinajstić information content (AvgIpc) is 2.76. The Labute approximate surface area is 112 Å². The molecular formula is C15H20F3N. The van der Waals surface area contributed by atoms with E-state index >= 15 is 0 Å². The number of rotatable bonds is 5. The summed E-state index contributed by atoms with van der Waals surface area (Å²) in [6, 6.07) is 4.04. The van der Waals surface area contributed by atoms with Crippen molar-refractivity contribution in [1.82, 2.24) is 0 Å². The number of nitrogens with one attached hydrogen (secondary N) is 1. The van der Waals surface area contributed by atoms with Crippen LogP contribution in [0.3, 0.4) is 0 Å². The second-order valence-electron chi connectivity index (χ2n) is 5.23. The number of unbranched alkanes of at least 4 members (excludes halogenated alkanes) is 3. The zero-order valence-corrected chi connectivity index (χ0v) is 11.2. The summed E-state index contributed by atoms with van der Waals surface area (Å²) in [5, 5.41) is 3.20. The van der Waals surface area contributed by atoms with Crippen LogP contribution in [0.25, 0.3) is 0 Å². The van der Waals surface area contributed by atoms with Gasteiger partial charge in [0.2, 0.25) is 0 Å². The summed E-state index contributed by atoms with van der Waals surface area (Å²) >= 11 is 0. The van der Waals surface area contributed by atoms with E-state index in [9.17, 15) is 13.2 Å². The summed E-state index contributed by atoms with van der Waals surface area (Å²) in [7, 11) is 0. The summed E-state index contributed by atoms with van der Waals surface area (Å²) < 4.78 is 38.1. The number of alkyl halides is 3. The maximum absolute atomic E-state index is 12.7. The van der Waals surface area contributed by atoms with Gasteiger partial charge in [0, 0.05) is 18.2 Å². The van der Waals surface area contributed by atoms with Crippen LogP contribution in [0.4, 0.5) is 18.9 Å². The van der Waals surface area contributed by atoms with Gasteiger partial charge in [0.05, 0.1) is 5.56 Å². The number of halogens is 3. The molecule has 0 aliphatic carbocycles. The van der Waals surface area contributed by atoms with Gasteiger partial charge in [-0.1, -0.05) is 32.6 Å². The normalized spacial score (nSPS) is 18.2. The van der Waals surface area contributed by atoms with Gasteiger partial charge in [-0.05, 0) is 30.2 Å². The molecule has 0 bridgehead atoms. The first-order valence-electron chi connectivity index (χ1n) is 6.97. The number of hydrogen-bond donors (Lipinski definition) is 1. The molecule has 0 spiro atoms. The Kier molecular flexibility index (Phi) is 4.38. The molecular weight excluding hydrogens is 251 g/mol. The predicted molar refractivity (Wildman–Crippen MR) is 71.4 cm³/mol. The van der Waals surface area contributed by atoms with Gasteiger partial charge in [-0.25, -0.2) is 0 Å². The quantitative estimate of drug-likeness (QED) is 0.727. The SMILES string of the molecule is CCCCCCC1CNc2ccc(C(F)(F)F)cc21. The molecule has 0 saturated carbocycles. The van der Waals surface area contributed by atoms with Gasteiger partial charge in [-0.15, -0.1) is 0 Å².